The van der Waals surface area contributed by atoms with Crippen LogP contribution in [0.25, 0.3) is 0 Å². The van der Waals surface area contributed by atoms with Gasteiger partial charge in [-0.25, -0.2) is 9.00 Å². The summed E-state index contributed by atoms with van der Waals surface area (Å²) >= 11 is 0. The smallest absolute Gasteiger partial charge is 0.475 e. The molecule has 10 heteroatoms. The molecule has 0 aliphatic carbocycles. The molecule has 2 rings (SSSR count). The monoisotopic (exact) mass is 416 g/mol. The highest BCUT2D eigenvalue weighted by Gasteiger charge is 2.37. The van der Waals surface area contributed by atoms with E-state index in [9.17, 15) is 22.2 Å². The summed E-state index contributed by atoms with van der Waals surface area (Å²) in [6, 6.07) is 11.2. The van der Waals surface area contributed by atoms with Crippen molar-refractivity contribution in [2.75, 3.05) is 32.6 Å². The molecule has 0 bridgehead atoms. The van der Waals surface area contributed by atoms with E-state index in [0.29, 0.717) is 11.5 Å². The van der Waals surface area contributed by atoms with Crippen LogP contribution < -0.4 is 14.8 Å². The second-order valence-corrected chi connectivity index (χ2v) is 7.09. The van der Waals surface area contributed by atoms with Crippen LogP contribution in [0.4, 0.5) is 23.7 Å². The Labute approximate surface area is 162 Å². The number of anilines is 1. The number of methoxy groups -OCH3 is 1. The van der Waals surface area contributed by atoms with Crippen LogP contribution in [-0.2, 0) is 10.8 Å². The van der Waals surface area contributed by atoms with Crippen molar-refractivity contribution in [3.63, 3.8) is 0 Å². The van der Waals surface area contributed by atoms with Crippen LogP contribution >= 0.6 is 0 Å². The van der Waals surface area contributed by atoms with E-state index >= 15 is 0 Å². The molecule has 0 heterocycles. The van der Waals surface area contributed by atoms with E-state index in [0.717, 1.165) is 12.1 Å². The Morgan fingerprint density at radius 3 is 2.18 bits per heavy atom. The van der Waals surface area contributed by atoms with Crippen molar-refractivity contribution >= 4 is 22.5 Å². The van der Waals surface area contributed by atoms with Gasteiger partial charge in [0.25, 0.3) is 0 Å². The molecular weight excluding hydrogens is 397 g/mol. The number of urea groups is 1. The number of nitrogens with zero attached hydrogens (tertiary/aromatic N) is 1. The maximum atomic E-state index is 12.4. The molecule has 0 aromatic heterocycles. The van der Waals surface area contributed by atoms with Crippen LogP contribution in [-0.4, -0.2) is 48.0 Å². The Morgan fingerprint density at radius 2 is 1.64 bits per heavy atom. The highest BCUT2D eigenvalue weighted by molar-refractivity contribution is 7.86. The molecule has 1 N–H and O–H groups in total. The van der Waals surface area contributed by atoms with Gasteiger partial charge in [-0.1, -0.05) is 0 Å². The molecule has 0 unspecified atom stereocenters. The van der Waals surface area contributed by atoms with Gasteiger partial charge in [-0.2, -0.15) is 13.2 Å². The zero-order valence-electron chi connectivity index (χ0n) is 15.2. The predicted octanol–water partition coefficient (Wildman–Crippen LogP) is 3.87. The molecule has 0 aliphatic heterocycles. The number of nitrogens with one attached hydrogen (secondary N) is 1. The second-order valence-electron chi connectivity index (χ2n) is 5.61. The molecule has 152 valence electrons. The normalized spacial score (nSPS) is 12.2. The lowest BCUT2D eigenvalue weighted by molar-refractivity contribution is -0.0384. The standard InChI is InChI=1S/C18H19F3N2O4S/c1-23(11-12-27-15-7-5-14(26-2)6-8-15)17(24)22-13-3-9-16(10-4-13)28(25)18(19,20)21/h3-10H,11-12H2,1-2H3,(H,22,24)/t28-/m1/s1. The molecule has 2 aromatic rings. The first-order valence-corrected chi connectivity index (χ1v) is 9.23. The number of hydrogen-bond donors (Lipinski definition) is 1. The molecule has 2 amide bonds. The number of likely N-dealkylation sites (N-methyl/N-ethyl adjacent to an activating group) is 1. The number of carbonyl (C=O) groups excluding carboxylic acids is 1. The number of halogens is 3. The summed E-state index contributed by atoms with van der Waals surface area (Å²) in [4.78, 5) is 13.1. The Hall–Kier alpha value is -2.75. The van der Waals surface area contributed by atoms with E-state index in [1.54, 1.807) is 38.4 Å². The van der Waals surface area contributed by atoms with Gasteiger partial charge in [0.1, 0.15) is 18.1 Å². The number of amides is 2. The van der Waals surface area contributed by atoms with Crippen LogP contribution in [0.1, 0.15) is 0 Å². The number of ether oxygens (including phenoxy) is 2. The topological polar surface area (TPSA) is 67.9 Å². The third-order valence-corrected chi connectivity index (χ3v) is 4.75. The highest BCUT2D eigenvalue weighted by Crippen LogP contribution is 2.27. The fraction of sp³-hybridized carbons (Fsp3) is 0.278. The molecule has 6 nitrogen and oxygen atoms in total. The van der Waals surface area contributed by atoms with Gasteiger partial charge in [0.05, 0.1) is 13.7 Å². The lowest BCUT2D eigenvalue weighted by atomic mass is 10.3. The van der Waals surface area contributed by atoms with E-state index in [1.807, 2.05) is 0 Å². The van der Waals surface area contributed by atoms with E-state index < -0.39 is 22.3 Å². The molecule has 0 aliphatic rings. The van der Waals surface area contributed by atoms with Gasteiger partial charge in [-0.3, -0.25) is 0 Å². The Morgan fingerprint density at radius 1 is 1.07 bits per heavy atom. The first-order valence-electron chi connectivity index (χ1n) is 8.08. The van der Waals surface area contributed by atoms with Crippen molar-refractivity contribution in [1.82, 2.24) is 4.90 Å². The van der Waals surface area contributed by atoms with Crippen molar-refractivity contribution in [1.29, 1.82) is 0 Å². The molecule has 0 saturated carbocycles. The summed E-state index contributed by atoms with van der Waals surface area (Å²) < 4.78 is 59.1. The van der Waals surface area contributed by atoms with Crippen molar-refractivity contribution in [3.05, 3.63) is 48.5 Å². The summed E-state index contributed by atoms with van der Waals surface area (Å²) in [5, 5.41) is 2.55. The second kappa shape index (κ2) is 9.45. The zero-order chi connectivity index (χ0) is 20.7. The van der Waals surface area contributed by atoms with Crippen molar-refractivity contribution in [2.24, 2.45) is 0 Å². The summed E-state index contributed by atoms with van der Waals surface area (Å²) in [5.41, 5.74) is -4.54. The van der Waals surface area contributed by atoms with Crippen LogP contribution in [0.15, 0.2) is 53.4 Å². The minimum Gasteiger partial charge on any atom is -0.497 e. The van der Waals surface area contributed by atoms with E-state index in [-0.39, 0.29) is 23.7 Å². The van der Waals surface area contributed by atoms with Gasteiger partial charge in [0.2, 0.25) is 0 Å². The molecule has 0 fully saturated rings. The van der Waals surface area contributed by atoms with Gasteiger partial charge >= 0.3 is 11.5 Å². The van der Waals surface area contributed by atoms with Crippen molar-refractivity contribution in [2.45, 2.75) is 10.4 Å². The number of alkyl halides is 3. The van der Waals surface area contributed by atoms with Gasteiger partial charge in [-0.15, -0.1) is 0 Å². The summed E-state index contributed by atoms with van der Waals surface area (Å²) in [7, 11) is 0.0148. The summed E-state index contributed by atoms with van der Waals surface area (Å²) in [6.07, 6.45) is 0. The van der Waals surface area contributed by atoms with E-state index in [2.05, 4.69) is 5.32 Å². The lowest BCUT2D eigenvalue weighted by Crippen LogP contribution is -2.34. The molecule has 28 heavy (non-hydrogen) atoms. The van der Waals surface area contributed by atoms with Crippen molar-refractivity contribution < 1.29 is 31.6 Å². The molecule has 1 atom stereocenters. The van der Waals surface area contributed by atoms with Crippen LogP contribution in [0.2, 0.25) is 0 Å². The fourth-order valence-corrected chi connectivity index (χ4v) is 2.74. The first-order chi connectivity index (χ1) is 13.2. The molecule has 2 aromatic carbocycles. The number of rotatable bonds is 7. The molecule has 0 spiro atoms. The fourth-order valence-electron chi connectivity index (χ4n) is 2.09. The highest BCUT2D eigenvalue weighted by atomic mass is 32.2. The Bertz CT molecular complexity index is 811. The minimum atomic E-state index is -4.82. The lowest BCUT2D eigenvalue weighted by Gasteiger charge is -2.18. The number of carbonyl (C=O) groups is 1. The largest absolute Gasteiger partial charge is 0.497 e. The third-order valence-electron chi connectivity index (χ3n) is 3.63. The van der Waals surface area contributed by atoms with Gasteiger partial charge in [-0.05, 0) is 48.5 Å². The summed E-state index contributed by atoms with van der Waals surface area (Å²) in [5.74, 6) is 1.33. The van der Waals surface area contributed by atoms with Crippen LogP contribution in [0.5, 0.6) is 11.5 Å². The van der Waals surface area contributed by atoms with Gasteiger partial charge < -0.3 is 19.7 Å². The maximum absolute atomic E-state index is 12.4. The average Bonchev–Trinajstić information content (AvgIpc) is 2.67. The Balaban J connectivity index is 1.82. The third kappa shape index (κ3) is 6.15. The average molecular weight is 416 g/mol. The predicted molar refractivity (Wildman–Crippen MR) is 99.0 cm³/mol. The SMILES string of the molecule is COc1ccc(OCCN(C)C(=O)Nc2ccc([S@@](=O)C(F)(F)F)cc2)cc1. The van der Waals surface area contributed by atoms with Crippen molar-refractivity contribution in [3.8, 4) is 11.5 Å². The molecular formula is C18H19F3N2O4S. The number of hydrogen-bond acceptors (Lipinski definition) is 4. The van der Waals surface area contributed by atoms with Gasteiger partial charge in [0, 0.05) is 17.6 Å². The van der Waals surface area contributed by atoms with E-state index in [1.165, 1.54) is 17.0 Å². The zero-order valence-corrected chi connectivity index (χ0v) is 16.0. The Kier molecular flexibility index (Phi) is 7.27. The summed E-state index contributed by atoms with van der Waals surface area (Å²) in [6.45, 7) is 0.536. The maximum Gasteiger partial charge on any atom is 0.475 e. The minimum absolute atomic E-state index is 0.250. The van der Waals surface area contributed by atoms with E-state index in [4.69, 9.17) is 9.47 Å². The molecule has 0 radical (unpaired) electrons. The van der Waals surface area contributed by atoms with Gasteiger partial charge in [0.15, 0.2) is 10.8 Å². The molecule has 0 saturated heterocycles. The first kappa shape index (κ1) is 21.5. The van der Waals surface area contributed by atoms with Crippen LogP contribution in [0.3, 0.4) is 0 Å². The quantitative estimate of drug-likeness (QED) is 0.744. The number of benzene rings is 2. The van der Waals surface area contributed by atoms with Crippen LogP contribution in [0, 0.1) is 0 Å².